The molecule has 3 nitrogen and oxygen atoms in total. The van der Waals surface area contributed by atoms with Gasteiger partial charge in [-0.25, -0.2) is 0 Å². The molecule has 2 radical (unpaired) electrons. The van der Waals surface area contributed by atoms with E-state index < -0.39 is 12.2 Å². The van der Waals surface area contributed by atoms with Crippen LogP contribution in [-0.2, 0) is 0 Å². The highest BCUT2D eigenvalue weighted by Gasteiger charge is 2.63. The van der Waals surface area contributed by atoms with Crippen molar-refractivity contribution in [2.24, 2.45) is 11.3 Å². The maximum atomic E-state index is 9.51. The van der Waals surface area contributed by atoms with Crippen molar-refractivity contribution in [1.82, 2.24) is 0 Å². The highest BCUT2D eigenvalue weighted by Crippen LogP contribution is 2.65. The summed E-state index contributed by atoms with van der Waals surface area (Å²) in [5.41, 5.74) is -0.159. The lowest BCUT2D eigenvalue weighted by molar-refractivity contribution is 0.00226. The average Bonchev–Trinajstić information content (AvgIpc) is 2.81. The quantitative estimate of drug-likeness (QED) is 0.443. The minimum atomic E-state index is -0.857. The molecule has 2 saturated carbocycles. The monoisotopic (exact) mass is 168 g/mol. The highest BCUT2D eigenvalue weighted by molar-refractivity contribution is 6.13. The van der Waals surface area contributed by atoms with Crippen LogP contribution in [0.25, 0.3) is 0 Å². The summed E-state index contributed by atoms with van der Waals surface area (Å²) in [7, 11) is 5.75. The molecule has 1 unspecified atom stereocenters. The van der Waals surface area contributed by atoms with E-state index in [9.17, 15) is 10.2 Å². The molecule has 2 aliphatic rings. The van der Waals surface area contributed by atoms with Gasteiger partial charge in [-0.05, 0) is 24.1 Å². The van der Waals surface area contributed by atoms with Crippen LogP contribution in [-0.4, -0.2) is 42.0 Å². The van der Waals surface area contributed by atoms with Gasteiger partial charge >= 0.3 is 0 Å². The maximum absolute atomic E-state index is 9.51. The Balaban J connectivity index is 2.23. The molecule has 2 rings (SSSR count). The molecule has 3 N–H and O–H groups in total. The Morgan fingerprint density at radius 3 is 2.17 bits per heavy atom. The van der Waals surface area contributed by atoms with E-state index in [-0.39, 0.29) is 23.8 Å². The third-order valence-electron chi connectivity index (χ3n) is 3.56. The van der Waals surface area contributed by atoms with Crippen molar-refractivity contribution in [3.63, 3.8) is 0 Å². The van der Waals surface area contributed by atoms with Crippen molar-refractivity contribution in [3.05, 3.63) is 0 Å². The van der Waals surface area contributed by atoms with E-state index in [1.807, 2.05) is 0 Å². The van der Waals surface area contributed by atoms with Crippen molar-refractivity contribution in [2.75, 3.05) is 6.61 Å². The van der Waals surface area contributed by atoms with Crippen LogP contribution in [0.1, 0.15) is 12.8 Å². The van der Waals surface area contributed by atoms with Crippen LogP contribution in [0.15, 0.2) is 0 Å². The Morgan fingerprint density at radius 2 is 1.83 bits per heavy atom. The van der Waals surface area contributed by atoms with Gasteiger partial charge in [0.2, 0.25) is 0 Å². The predicted octanol–water partition coefficient (Wildman–Crippen LogP) is -0.933. The van der Waals surface area contributed by atoms with Gasteiger partial charge in [-0.1, -0.05) is 0 Å². The molecular weight excluding hydrogens is 155 g/mol. The number of rotatable bonds is 1. The molecule has 0 heterocycles. The molecule has 0 aromatic heterocycles. The second kappa shape index (κ2) is 2.47. The van der Waals surface area contributed by atoms with Crippen LogP contribution in [0.2, 0.25) is 5.82 Å². The van der Waals surface area contributed by atoms with Crippen LogP contribution in [0.4, 0.5) is 0 Å². The fourth-order valence-electron chi connectivity index (χ4n) is 2.52. The molecular formula is C8H13BO3. The van der Waals surface area contributed by atoms with Crippen LogP contribution in [0.5, 0.6) is 0 Å². The van der Waals surface area contributed by atoms with E-state index in [4.69, 9.17) is 13.0 Å². The van der Waals surface area contributed by atoms with Gasteiger partial charge in [0, 0.05) is 12.5 Å². The molecule has 2 aliphatic carbocycles. The summed E-state index contributed by atoms with van der Waals surface area (Å²) in [6.07, 6.45) is 0.151. The Hall–Kier alpha value is -0.0551. The smallest absolute Gasteiger partial charge is 0.0849 e. The van der Waals surface area contributed by atoms with Gasteiger partial charge < -0.3 is 15.3 Å². The summed E-state index contributed by atoms with van der Waals surface area (Å²) in [5, 5.41) is 28.0. The van der Waals surface area contributed by atoms with E-state index in [1.165, 1.54) is 0 Å². The summed E-state index contributed by atoms with van der Waals surface area (Å²) in [6, 6.07) is 0. The first-order chi connectivity index (χ1) is 5.63. The summed E-state index contributed by atoms with van der Waals surface area (Å²) in [6.45, 7) is -0.0775. The Labute approximate surface area is 72.8 Å². The highest BCUT2D eigenvalue weighted by atomic mass is 16.3. The van der Waals surface area contributed by atoms with Crippen LogP contribution in [0.3, 0.4) is 0 Å². The van der Waals surface area contributed by atoms with Crippen molar-refractivity contribution in [3.8, 4) is 0 Å². The molecule has 0 bridgehead atoms. The first-order valence-corrected chi connectivity index (χ1v) is 4.36. The Bertz CT molecular complexity index is 193. The molecule has 0 amide bonds. The third-order valence-corrected chi connectivity index (χ3v) is 3.56. The number of hydrogen-bond acceptors (Lipinski definition) is 3. The summed E-state index contributed by atoms with van der Waals surface area (Å²) < 4.78 is 0. The fraction of sp³-hybridized carbons (Fsp3) is 1.00. The van der Waals surface area contributed by atoms with Gasteiger partial charge in [-0.15, -0.1) is 0 Å². The minimum absolute atomic E-state index is 0.0775. The SMILES string of the molecule is [B][C@H]1[C@@H](O)C(O)[C@@H](CO)C12CC2. The normalized spacial score (nSPS) is 49.9. The van der Waals surface area contributed by atoms with E-state index in [1.54, 1.807) is 0 Å². The predicted molar refractivity (Wildman–Crippen MR) is 43.8 cm³/mol. The molecule has 1 spiro atoms. The Kier molecular flexibility index (Phi) is 1.76. The van der Waals surface area contributed by atoms with E-state index in [0.717, 1.165) is 12.8 Å². The molecule has 0 aromatic rings. The fourth-order valence-corrected chi connectivity index (χ4v) is 2.52. The zero-order valence-electron chi connectivity index (χ0n) is 6.85. The summed E-state index contributed by atoms with van der Waals surface area (Å²) >= 11 is 0. The van der Waals surface area contributed by atoms with E-state index in [0.29, 0.717) is 0 Å². The van der Waals surface area contributed by atoms with Crippen molar-refractivity contribution < 1.29 is 15.3 Å². The number of hydrogen-bond donors (Lipinski definition) is 3. The Morgan fingerprint density at radius 1 is 1.25 bits per heavy atom. The van der Waals surface area contributed by atoms with E-state index in [2.05, 4.69) is 0 Å². The van der Waals surface area contributed by atoms with Crippen molar-refractivity contribution in [2.45, 2.75) is 30.9 Å². The second-order valence-electron chi connectivity index (χ2n) is 4.03. The molecule has 0 saturated heterocycles. The van der Waals surface area contributed by atoms with Gasteiger partial charge in [0.1, 0.15) is 0 Å². The van der Waals surface area contributed by atoms with Gasteiger partial charge in [0.05, 0.1) is 20.1 Å². The van der Waals surface area contributed by atoms with Crippen LogP contribution < -0.4 is 0 Å². The maximum Gasteiger partial charge on any atom is 0.0849 e. The first kappa shape index (κ1) is 8.54. The lowest BCUT2D eigenvalue weighted by Gasteiger charge is -2.20. The van der Waals surface area contributed by atoms with Crippen molar-refractivity contribution >= 4 is 7.85 Å². The minimum Gasteiger partial charge on any atom is -0.396 e. The van der Waals surface area contributed by atoms with Gasteiger partial charge in [0.15, 0.2) is 0 Å². The molecule has 4 atom stereocenters. The zero-order chi connectivity index (χ0) is 8.93. The topological polar surface area (TPSA) is 60.7 Å². The standard InChI is InChI=1S/C8H13BO3/c9-7-6(12)5(11)4(3-10)8(7)1-2-8/h4-7,10-12H,1-3H2/t4-,5?,6+,7+/m1/s1. The van der Waals surface area contributed by atoms with Gasteiger partial charge in [0.25, 0.3) is 0 Å². The van der Waals surface area contributed by atoms with Gasteiger partial charge in [-0.3, -0.25) is 0 Å². The second-order valence-corrected chi connectivity index (χ2v) is 4.03. The zero-order valence-corrected chi connectivity index (χ0v) is 6.85. The molecule has 2 fully saturated rings. The number of aliphatic hydroxyl groups is 3. The lowest BCUT2D eigenvalue weighted by atomic mass is 9.73. The van der Waals surface area contributed by atoms with Crippen molar-refractivity contribution in [1.29, 1.82) is 0 Å². The van der Waals surface area contributed by atoms with Gasteiger partial charge in [-0.2, -0.15) is 0 Å². The summed E-state index contributed by atoms with van der Waals surface area (Å²) in [5.74, 6) is -0.577. The van der Waals surface area contributed by atoms with E-state index >= 15 is 0 Å². The first-order valence-electron chi connectivity index (χ1n) is 4.36. The summed E-state index contributed by atoms with van der Waals surface area (Å²) in [4.78, 5) is 0. The third kappa shape index (κ3) is 0.831. The molecule has 12 heavy (non-hydrogen) atoms. The molecule has 0 aliphatic heterocycles. The lowest BCUT2D eigenvalue weighted by Crippen LogP contribution is -2.29. The largest absolute Gasteiger partial charge is 0.396 e. The van der Waals surface area contributed by atoms with Crippen LogP contribution >= 0.6 is 0 Å². The average molecular weight is 168 g/mol. The molecule has 0 aromatic carbocycles. The number of aliphatic hydroxyl groups excluding tert-OH is 3. The van der Waals surface area contributed by atoms with Crippen LogP contribution in [0, 0.1) is 11.3 Å². The molecule has 4 heteroatoms. The molecule has 66 valence electrons.